The van der Waals surface area contributed by atoms with E-state index in [1.54, 1.807) is 16.3 Å². The Bertz CT molecular complexity index is 989. The van der Waals surface area contributed by atoms with Crippen LogP contribution in [0.5, 0.6) is 0 Å². The molecule has 4 rings (SSSR count). The average Bonchev–Trinajstić information content (AvgIpc) is 3.32. The third-order valence-corrected chi connectivity index (χ3v) is 7.99. The maximum atomic E-state index is 13.1. The molecule has 2 aromatic heterocycles. The van der Waals surface area contributed by atoms with E-state index in [9.17, 15) is 18.0 Å². The lowest BCUT2D eigenvalue weighted by Gasteiger charge is -2.34. The number of thiophene rings is 1. The predicted molar refractivity (Wildman–Crippen MR) is 100 cm³/mol. The number of rotatable bonds is 4. The molecule has 2 aromatic rings. The Labute approximate surface area is 155 Å². The van der Waals surface area contributed by atoms with Gasteiger partial charge < -0.3 is 4.90 Å². The van der Waals surface area contributed by atoms with E-state index >= 15 is 0 Å². The summed E-state index contributed by atoms with van der Waals surface area (Å²) in [5, 5.41) is 1.81. The number of hydrogen-bond acceptors (Lipinski definition) is 6. The van der Waals surface area contributed by atoms with Gasteiger partial charge in [0.05, 0.1) is 23.3 Å². The predicted octanol–water partition coefficient (Wildman–Crippen LogP) is 1.42. The lowest BCUT2D eigenvalue weighted by molar-refractivity contribution is -0.136. The minimum absolute atomic E-state index is 0.0341. The maximum absolute atomic E-state index is 13.1. The Hall–Kier alpha value is -1.74. The molecule has 0 bridgehead atoms. The van der Waals surface area contributed by atoms with E-state index in [0.717, 1.165) is 25.7 Å². The summed E-state index contributed by atoms with van der Waals surface area (Å²) in [6.07, 6.45) is 5.81. The molecule has 26 heavy (non-hydrogen) atoms. The molecule has 9 heteroatoms. The second-order valence-electron chi connectivity index (χ2n) is 7.11. The van der Waals surface area contributed by atoms with Crippen molar-refractivity contribution in [3.05, 3.63) is 28.1 Å². The molecule has 2 aliphatic rings. The highest BCUT2D eigenvalue weighted by molar-refractivity contribution is 7.91. The molecular weight excluding hydrogens is 374 g/mol. The first kappa shape index (κ1) is 17.7. The van der Waals surface area contributed by atoms with Crippen molar-refractivity contribution in [2.24, 2.45) is 0 Å². The zero-order valence-electron chi connectivity index (χ0n) is 14.3. The Kier molecular flexibility index (Phi) is 4.60. The second kappa shape index (κ2) is 6.77. The molecule has 0 N–H and O–H groups in total. The zero-order valence-corrected chi connectivity index (χ0v) is 16.0. The second-order valence-corrected chi connectivity index (χ2v) is 10.3. The number of fused-ring (bicyclic) bond motifs is 1. The first-order valence-corrected chi connectivity index (χ1v) is 11.6. The van der Waals surface area contributed by atoms with Gasteiger partial charge in [-0.25, -0.2) is 13.4 Å². The van der Waals surface area contributed by atoms with Gasteiger partial charge in [-0.05, 0) is 30.7 Å². The van der Waals surface area contributed by atoms with Crippen LogP contribution in [0.4, 0.5) is 0 Å². The van der Waals surface area contributed by atoms with E-state index in [1.165, 1.54) is 22.2 Å². The molecule has 1 atom stereocenters. The molecule has 140 valence electrons. The minimum atomic E-state index is -3.08. The molecule has 7 nitrogen and oxygen atoms in total. The third-order valence-electron chi connectivity index (χ3n) is 5.35. The lowest BCUT2D eigenvalue weighted by Crippen LogP contribution is -2.48. The molecule has 1 saturated heterocycles. The highest BCUT2D eigenvalue weighted by Crippen LogP contribution is 2.29. The van der Waals surface area contributed by atoms with Crippen LogP contribution in [0.15, 0.2) is 22.6 Å². The van der Waals surface area contributed by atoms with Crippen LogP contribution in [-0.4, -0.2) is 52.4 Å². The fraction of sp³-hybridized carbons (Fsp3) is 0.588. The maximum Gasteiger partial charge on any atom is 0.271 e. The summed E-state index contributed by atoms with van der Waals surface area (Å²) in [7, 11) is -3.08. The van der Waals surface area contributed by atoms with Crippen LogP contribution in [0.3, 0.4) is 0 Å². The molecule has 0 unspecified atom stereocenters. The summed E-state index contributed by atoms with van der Waals surface area (Å²) in [6, 6.07) is 1.58. The minimum Gasteiger partial charge on any atom is -0.334 e. The highest BCUT2D eigenvalue weighted by Gasteiger charge is 2.39. The SMILES string of the molecule is O=C(Cn1cnc2ccsc2c1=O)N(C1CCCC1)[C@H]1CCS(=O)(=O)C1. The fourth-order valence-electron chi connectivity index (χ4n) is 4.10. The van der Waals surface area contributed by atoms with Crippen molar-refractivity contribution >= 4 is 37.3 Å². The van der Waals surface area contributed by atoms with Crippen molar-refractivity contribution in [1.82, 2.24) is 14.5 Å². The standard InChI is InChI=1S/C17H21N3O4S2/c21-15(9-19-11-18-14-5-7-25-16(14)17(19)22)20(12-3-1-2-4-12)13-6-8-26(23,24)10-13/h5,7,11-13H,1-4,6,8-10H2/t13-/m0/s1. The van der Waals surface area contributed by atoms with Crippen molar-refractivity contribution < 1.29 is 13.2 Å². The quantitative estimate of drug-likeness (QED) is 0.781. The Morgan fingerprint density at radius 2 is 2.04 bits per heavy atom. The molecule has 1 amide bonds. The Morgan fingerprint density at radius 1 is 1.27 bits per heavy atom. The number of aromatic nitrogens is 2. The Balaban J connectivity index is 1.61. The topological polar surface area (TPSA) is 89.3 Å². The first-order chi connectivity index (χ1) is 12.4. The summed E-state index contributed by atoms with van der Waals surface area (Å²) in [6.45, 7) is -0.0906. The number of nitrogens with zero attached hydrogens (tertiary/aromatic N) is 3. The molecule has 1 aliphatic heterocycles. The van der Waals surface area contributed by atoms with Crippen molar-refractivity contribution in [2.75, 3.05) is 11.5 Å². The van der Waals surface area contributed by atoms with Gasteiger partial charge in [-0.1, -0.05) is 12.8 Å². The van der Waals surface area contributed by atoms with Gasteiger partial charge >= 0.3 is 0 Å². The van der Waals surface area contributed by atoms with E-state index in [4.69, 9.17) is 0 Å². The van der Waals surface area contributed by atoms with Gasteiger partial charge in [0.15, 0.2) is 9.84 Å². The number of amides is 1. The van der Waals surface area contributed by atoms with E-state index in [-0.39, 0.29) is 41.6 Å². The summed E-state index contributed by atoms with van der Waals surface area (Å²) >= 11 is 1.31. The molecule has 0 spiro atoms. The normalized spacial score (nSPS) is 22.8. The number of carbonyl (C=O) groups excluding carboxylic acids is 1. The van der Waals surface area contributed by atoms with Crippen LogP contribution in [-0.2, 0) is 21.2 Å². The molecular formula is C17H21N3O4S2. The molecule has 2 fully saturated rings. The van der Waals surface area contributed by atoms with E-state index in [0.29, 0.717) is 16.6 Å². The van der Waals surface area contributed by atoms with Gasteiger partial charge in [0, 0.05) is 12.1 Å². The van der Waals surface area contributed by atoms with Crippen molar-refractivity contribution in [2.45, 2.75) is 50.7 Å². The van der Waals surface area contributed by atoms with Crippen LogP contribution < -0.4 is 5.56 Å². The molecule has 0 radical (unpaired) electrons. The van der Waals surface area contributed by atoms with Gasteiger partial charge in [-0.15, -0.1) is 11.3 Å². The zero-order chi connectivity index (χ0) is 18.3. The third kappa shape index (κ3) is 3.29. The monoisotopic (exact) mass is 395 g/mol. The van der Waals surface area contributed by atoms with Gasteiger partial charge in [-0.3, -0.25) is 14.2 Å². The summed E-state index contributed by atoms with van der Waals surface area (Å²) in [4.78, 5) is 31.6. The van der Waals surface area contributed by atoms with Crippen molar-refractivity contribution in [3.8, 4) is 0 Å². The van der Waals surface area contributed by atoms with Crippen molar-refractivity contribution in [1.29, 1.82) is 0 Å². The number of hydrogen-bond donors (Lipinski definition) is 0. The van der Waals surface area contributed by atoms with Crippen molar-refractivity contribution in [3.63, 3.8) is 0 Å². The van der Waals surface area contributed by atoms with Crippen LogP contribution in [0.1, 0.15) is 32.1 Å². The number of sulfone groups is 1. The van der Waals surface area contributed by atoms with E-state index in [1.807, 2.05) is 0 Å². The molecule has 1 saturated carbocycles. The smallest absolute Gasteiger partial charge is 0.271 e. The molecule has 3 heterocycles. The lowest BCUT2D eigenvalue weighted by atomic mass is 10.1. The van der Waals surface area contributed by atoms with E-state index < -0.39 is 9.84 Å². The van der Waals surface area contributed by atoms with Gasteiger partial charge in [0.1, 0.15) is 11.2 Å². The molecule has 1 aliphatic carbocycles. The number of carbonyl (C=O) groups is 1. The molecule has 0 aromatic carbocycles. The van der Waals surface area contributed by atoms with Gasteiger partial charge in [-0.2, -0.15) is 0 Å². The summed E-state index contributed by atoms with van der Waals surface area (Å²) < 4.78 is 25.7. The largest absolute Gasteiger partial charge is 0.334 e. The van der Waals surface area contributed by atoms with Crippen LogP contribution >= 0.6 is 11.3 Å². The van der Waals surface area contributed by atoms with Crippen LogP contribution in [0, 0.1) is 0 Å². The van der Waals surface area contributed by atoms with Gasteiger partial charge in [0.2, 0.25) is 5.91 Å². The summed E-state index contributed by atoms with van der Waals surface area (Å²) in [5.41, 5.74) is 0.419. The van der Waals surface area contributed by atoms with Gasteiger partial charge in [0.25, 0.3) is 5.56 Å². The first-order valence-electron chi connectivity index (χ1n) is 8.89. The fourth-order valence-corrected chi connectivity index (χ4v) is 6.61. The van der Waals surface area contributed by atoms with Crippen LogP contribution in [0.25, 0.3) is 10.2 Å². The Morgan fingerprint density at radius 3 is 2.73 bits per heavy atom. The van der Waals surface area contributed by atoms with E-state index in [2.05, 4.69) is 4.98 Å². The summed E-state index contributed by atoms with van der Waals surface area (Å²) in [5.74, 6) is -0.0118. The highest BCUT2D eigenvalue weighted by atomic mass is 32.2. The average molecular weight is 396 g/mol. The van der Waals surface area contributed by atoms with Crippen LogP contribution in [0.2, 0.25) is 0 Å².